The van der Waals surface area contributed by atoms with Crippen molar-refractivity contribution in [3.63, 3.8) is 0 Å². The third-order valence-electron chi connectivity index (χ3n) is 5.77. The van der Waals surface area contributed by atoms with E-state index in [4.69, 9.17) is 11.6 Å². The fourth-order valence-electron chi connectivity index (χ4n) is 4.63. The molecule has 3 nitrogen and oxygen atoms in total. The summed E-state index contributed by atoms with van der Waals surface area (Å²) in [4.78, 5) is 0. The molecule has 2 aliphatic rings. The first kappa shape index (κ1) is 15.4. The van der Waals surface area contributed by atoms with Crippen molar-refractivity contribution in [2.45, 2.75) is 65.0 Å². The number of rotatable bonds is 6. The summed E-state index contributed by atoms with van der Waals surface area (Å²) in [5.41, 5.74) is 2.17. The number of nitrogens with zero attached hydrogens (tertiary/aromatic N) is 2. The minimum atomic E-state index is 0.522. The number of fused-ring (bicyclic) bond motifs is 2. The van der Waals surface area contributed by atoms with Crippen LogP contribution >= 0.6 is 11.6 Å². The van der Waals surface area contributed by atoms with Crippen LogP contribution in [0.4, 0.5) is 0 Å². The summed E-state index contributed by atoms with van der Waals surface area (Å²) in [6, 6.07) is 0.522. The monoisotopic (exact) mass is 309 g/mol. The minimum Gasteiger partial charge on any atom is -0.317 e. The largest absolute Gasteiger partial charge is 0.317 e. The third-order valence-corrected chi connectivity index (χ3v) is 6.26. The SMILES string of the molecule is CCn1nc(C)c(Cl)c1CC(CC1CC2CCC1C2)NC. The first-order chi connectivity index (χ1) is 10.1. The molecule has 0 radical (unpaired) electrons. The Labute approximate surface area is 133 Å². The molecule has 4 unspecified atom stereocenters. The van der Waals surface area contributed by atoms with E-state index in [1.807, 2.05) is 6.92 Å². The fraction of sp³-hybridized carbons (Fsp3) is 0.824. The molecule has 2 saturated carbocycles. The zero-order chi connectivity index (χ0) is 15.0. The summed E-state index contributed by atoms with van der Waals surface area (Å²) < 4.78 is 2.07. The van der Waals surface area contributed by atoms with Crippen LogP contribution < -0.4 is 5.32 Å². The predicted octanol–water partition coefficient (Wildman–Crippen LogP) is 3.82. The molecule has 0 aromatic carbocycles. The van der Waals surface area contributed by atoms with Crippen LogP contribution in [0.1, 0.15) is 50.4 Å². The van der Waals surface area contributed by atoms with Crippen molar-refractivity contribution in [2.24, 2.45) is 17.8 Å². The van der Waals surface area contributed by atoms with Crippen LogP contribution in [0.2, 0.25) is 5.02 Å². The molecule has 2 bridgehead atoms. The molecule has 2 aliphatic carbocycles. The molecule has 2 fully saturated rings. The second-order valence-corrected chi connectivity index (χ2v) is 7.40. The molecule has 1 aromatic heterocycles. The maximum atomic E-state index is 6.46. The Hall–Kier alpha value is -0.540. The van der Waals surface area contributed by atoms with E-state index in [2.05, 4.69) is 29.1 Å². The van der Waals surface area contributed by atoms with Gasteiger partial charge in [0.15, 0.2) is 0 Å². The topological polar surface area (TPSA) is 29.9 Å². The van der Waals surface area contributed by atoms with Crippen LogP contribution in [0.15, 0.2) is 0 Å². The molecule has 0 spiro atoms. The van der Waals surface area contributed by atoms with Crippen molar-refractivity contribution >= 4 is 11.6 Å². The highest BCUT2D eigenvalue weighted by atomic mass is 35.5. The molecule has 21 heavy (non-hydrogen) atoms. The van der Waals surface area contributed by atoms with E-state index in [1.54, 1.807) is 0 Å². The summed E-state index contributed by atoms with van der Waals surface area (Å²) in [5, 5.41) is 8.93. The van der Waals surface area contributed by atoms with E-state index in [0.717, 1.165) is 41.4 Å². The lowest BCUT2D eigenvalue weighted by Gasteiger charge is -2.26. The molecule has 0 amide bonds. The highest BCUT2D eigenvalue weighted by Gasteiger charge is 2.40. The Morgan fingerprint density at radius 2 is 2.19 bits per heavy atom. The van der Waals surface area contributed by atoms with Gasteiger partial charge >= 0.3 is 0 Å². The van der Waals surface area contributed by atoms with Gasteiger partial charge in [-0.15, -0.1) is 0 Å². The molecule has 1 heterocycles. The van der Waals surface area contributed by atoms with Gasteiger partial charge in [0.05, 0.1) is 16.4 Å². The van der Waals surface area contributed by atoms with Gasteiger partial charge in [0.25, 0.3) is 0 Å². The number of likely N-dealkylation sites (N-methyl/N-ethyl adjacent to an activating group) is 1. The van der Waals surface area contributed by atoms with E-state index in [-0.39, 0.29) is 0 Å². The minimum absolute atomic E-state index is 0.522. The normalized spacial score (nSPS) is 29.2. The van der Waals surface area contributed by atoms with Crippen LogP contribution in [-0.4, -0.2) is 22.9 Å². The Balaban J connectivity index is 1.67. The van der Waals surface area contributed by atoms with Gasteiger partial charge in [-0.05, 0) is 64.3 Å². The molecule has 118 valence electrons. The van der Waals surface area contributed by atoms with Crippen LogP contribution in [0.5, 0.6) is 0 Å². The zero-order valence-electron chi connectivity index (χ0n) is 13.5. The van der Waals surface area contributed by atoms with Crippen LogP contribution in [-0.2, 0) is 13.0 Å². The second kappa shape index (κ2) is 6.29. The molecule has 0 saturated heterocycles. The first-order valence-corrected chi connectivity index (χ1v) is 8.89. The third kappa shape index (κ3) is 3.00. The lowest BCUT2D eigenvalue weighted by atomic mass is 9.83. The Bertz CT molecular complexity index is 496. The first-order valence-electron chi connectivity index (χ1n) is 8.51. The standard InChI is InChI=1S/C17H28ClN3/c1-4-21-16(17(18)11(2)20-21)10-15(19-3)9-14-8-12-5-6-13(14)7-12/h12-15,19H,4-10H2,1-3H3. The van der Waals surface area contributed by atoms with Gasteiger partial charge in [0.1, 0.15) is 0 Å². The van der Waals surface area contributed by atoms with Crippen molar-refractivity contribution in [2.75, 3.05) is 7.05 Å². The number of aromatic nitrogens is 2. The number of hydrogen-bond donors (Lipinski definition) is 1. The fourth-order valence-corrected chi connectivity index (χ4v) is 4.84. The van der Waals surface area contributed by atoms with Gasteiger partial charge in [-0.2, -0.15) is 5.10 Å². The van der Waals surface area contributed by atoms with Gasteiger partial charge in [0.2, 0.25) is 0 Å². The van der Waals surface area contributed by atoms with E-state index < -0.39 is 0 Å². The smallest absolute Gasteiger partial charge is 0.0847 e. The van der Waals surface area contributed by atoms with Gasteiger partial charge in [-0.1, -0.05) is 18.0 Å². The van der Waals surface area contributed by atoms with Crippen molar-refractivity contribution < 1.29 is 0 Å². The molecule has 0 aliphatic heterocycles. The highest BCUT2D eigenvalue weighted by molar-refractivity contribution is 6.31. The van der Waals surface area contributed by atoms with Gasteiger partial charge in [-0.3, -0.25) is 4.68 Å². The maximum absolute atomic E-state index is 6.46. The van der Waals surface area contributed by atoms with Gasteiger partial charge in [-0.25, -0.2) is 0 Å². The molecule has 3 rings (SSSR count). The molecular formula is C17H28ClN3. The van der Waals surface area contributed by atoms with Crippen molar-refractivity contribution in [1.29, 1.82) is 0 Å². The number of hydrogen-bond acceptors (Lipinski definition) is 2. The molecular weight excluding hydrogens is 282 g/mol. The average Bonchev–Trinajstić information content (AvgIpc) is 3.16. The summed E-state index contributed by atoms with van der Waals surface area (Å²) in [7, 11) is 2.09. The van der Waals surface area contributed by atoms with E-state index in [0.29, 0.717) is 6.04 Å². The highest BCUT2D eigenvalue weighted by Crippen LogP contribution is 2.50. The van der Waals surface area contributed by atoms with Crippen LogP contribution in [0.25, 0.3) is 0 Å². The summed E-state index contributed by atoms with van der Waals surface area (Å²) in [5.74, 6) is 2.96. The van der Waals surface area contributed by atoms with E-state index >= 15 is 0 Å². The molecule has 1 aromatic rings. The Kier molecular flexibility index (Phi) is 4.60. The Morgan fingerprint density at radius 1 is 1.38 bits per heavy atom. The lowest BCUT2D eigenvalue weighted by molar-refractivity contribution is 0.280. The number of nitrogens with one attached hydrogen (secondary N) is 1. The quantitative estimate of drug-likeness (QED) is 0.865. The van der Waals surface area contributed by atoms with E-state index in [1.165, 1.54) is 37.8 Å². The van der Waals surface area contributed by atoms with Crippen molar-refractivity contribution in [3.8, 4) is 0 Å². The van der Waals surface area contributed by atoms with Crippen molar-refractivity contribution in [3.05, 3.63) is 16.4 Å². The van der Waals surface area contributed by atoms with E-state index in [9.17, 15) is 0 Å². The van der Waals surface area contributed by atoms with Gasteiger partial charge < -0.3 is 5.32 Å². The molecule has 1 N–H and O–H groups in total. The zero-order valence-corrected chi connectivity index (χ0v) is 14.3. The van der Waals surface area contributed by atoms with Gasteiger partial charge in [0, 0.05) is 19.0 Å². The predicted molar refractivity (Wildman–Crippen MR) is 87.8 cm³/mol. The van der Waals surface area contributed by atoms with Crippen LogP contribution in [0, 0.1) is 24.7 Å². The average molecular weight is 310 g/mol. The number of aryl methyl sites for hydroxylation is 2. The molecule has 4 atom stereocenters. The summed E-state index contributed by atoms with van der Waals surface area (Å²) in [6.45, 7) is 5.03. The second-order valence-electron chi connectivity index (χ2n) is 7.02. The molecule has 4 heteroatoms. The van der Waals surface area contributed by atoms with Crippen molar-refractivity contribution in [1.82, 2.24) is 15.1 Å². The Morgan fingerprint density at radius 3 is 2.76 bits per heavy atom. The lowest BCUT2D eigenvalue weighted by Crippen LogP contribution is -2.32. The van der Waals surface area contributed by atoms with Crippen LogP contribution in [0.3, 0.4) is 0 Å². The summed E-state index contributed by atoms with van der Waals surface area (Å²) >= 11 is 6.46. The number of halogens is 1. The summed E-state index contributed by atoms with van der Waals surface area (Å²) in [6.07, 6.45) is 8.20. The maximum Gasteiger partial charge on any atom is 0.0847 e.